The van der Waals surface area contributed by atoms with Crippen molar-refractivity contribution in [2.24, 2.45) is 25.7 Å². The molecule has 8 heteroatoms. The molecule has 2 aliphatic heterocycles. The second-order valence-electron chi connectivity index (χ2n) is 4.76. The summed E-state index contributed by atoms with van der Waals surface area (Å²) < 4.78 is 0. The number of hydrogen-bond donors (Lipinski definition) is 2. The van der Waals surface area contributed by atoms with Crippen LogP contribution in [-0.2, 0) is 0 Å². The van der Waals surface area contributed by atoms with Crippen molar-refractivity contribution in [1.82, 2.24) is 4.90 Å². The van der Waals surface area contributed by atoms with Crippen molar-refractivity contribution in [3.8, 4) is 0 Å². The fourth-order valence-electron chi connectivity index (χ4n) is 2.11. The third kappa shape index (κ3) is 2.90. The van der Waals surface area contributed by atoms with Gasteiger partial charge in [-0.15, -0.1) is 0 Å². The second-order valence-corrected chi connectivity index (χ2v) is 4.76. The van der Waals surface area contributed by atoms with Gasteiger partial charge in [0.15, 0.2) is 11.5 Å². The summed E-state index contributed by atoms with van der Waals surface area (Å²) in [7, 11) is 0. The first-order chi connectivity index (χ1) is 9.57. The molecule has 0 aliphatic carbocycles. The predicted octanol–water partition coefficient (Wildman–Crippen LogP) is 0.735. The van der Waals surface area contributed by atoms with Crippen LogP contribution >= 0.6 is 0 Å². The summed E-state index contributed by atoms with van der Waals surface area (Å²) in [4.78, 5) is 28.7. The zero-order valence-electron chi connectivity index (χ0n) is 11.4. The van der Waals surface area contributed by atoms with E-state index in [4.69, 9.17) is 5.73 Å². The first kappa shape index (κ1) is 14.3. The molecule has 108 valence electrons. The molecule has 0 aromatic carbocycles. The molecular weight excluding hydrogens is 260 g/mol. The molecule has 3 N–H and O–H groups in total. The maximum absolute atomic E-state index is 11.3. The van der Waals surface area contributed by atoms with E-state index in [0.29, 0.717) is 18.1 Å². The van der Waals surface area contributed by atoms with Crippen LogP contribution in [-0.4, -0.2) is 59.1 Å². The topological polar surface area (TPSA) is 116 Å². The average molecular weight is 278 g/mol. The maximum Gasteiger partial charge on any atom is 0.407 e. The number of amidine groups is 1. The van der Waals surface area contributed by atoms with Crippen molar-refractivity contribution in [3.05, 3.63) is 0 Å². The van der Waals surface area contributed by atoms with Crippen LogP contribution in [0.2, 0.25) is 0 Å². The van der Waals surface area contributed by atoms with Gasteiger partial charge in [0.25, 0.3) is 0 Å². The Balaban J connectivity index is 2.08. The molecular formula is C12H18N6O2. The standard InChI is InChI=1S/C12H18N6O2/c1-2-3-4-5-18(11(19)20)6-12(13)9-10(15-7-14-9)16-8-17-12/h7-8H,2-6,13H2,1H3,(H,19,20). The summed E-state index contributed by atoms with van der Waals surface area (Å²) in [6.45, 7) is 2.54. The average Bonchev–Trinajstić information content (AvgIpc) is 2.88. The molecule has 1 unspecified atom stereocenters. The van der Waals surface area contributed by atoms with E-state index in [1.165, 1.54) is 17.6 Å². The van der Waals surface area contributed by atoms with Gasteiger partial charge in [-0.05, 0) is 6.42 Å². The Labute approximate surface area is 116 Å². The van der Waals surface area contributed by atoms with Crippen LogP contribution in [0, 0.1) is 0 Å². The summed E-state index contributed by atoms with van der Waals surface area (Å²) >= 11 is 0. The van der Waals surface area contributed by atoms with Crippen molar-refractivity contribution in [3.63, 3.8) is 0 Å². The summed E-state index contributed by atoms with van der Waals surface area (Å²) in [6.07, 6.45) is 4.45. The van der Waals surface area contributed by atoms with Gasteiger partial charge in [0.2, 0.25) is 0 Å². The molecule has 2 heterocycles. The zero-order chi connectivity index (χ0) is 14.6. The van der Waals surface area contributed by atoms with Crippen LogP contribution in [0.1, 0.15) is 26.2 Å². The first-order valence-corrected chi connectivity index (χ1v) is 6.56. The van der Waals surface area contributed by atoms with E-state index in [1.54, 1.807) is 0 Å². The van der Waals surface area contributed by atoms with E-state index in [0.717, 1.165) is 19.3 Å². The van der Waals surface area contributed by atoms with Gasteiger partial charge in [-0.25, -0.2) is 24.8 Å². The minimum Gasteiger partial charge on any atom is -0.465 e. The number of carbonyl (C=O) groups is 1. The van der Waals surface area contributed by atoms with Crippen LogP contribution in [0.4, 0.5) is 4.79 Å². The van der Waals surface area contributed by atoms with E-state index < -0.39 is 11.8 Å². The lowest BCUT2D eigenvalue weighted by Crippen LogP contribution is -2.58. The highest BCUT2D eigenvalue weighted by atomic mass is 16.4. The summed E-state index contributed by atoms with van der Waals surface area (Å²) in [6, 6.07) is 0. The number of carboxylic acid groups (broad SMARTS) is 1. The van der Waals surface area contributed by atoms with Gasteiger partial charge in [-0.3, -0.25) is 0 Å². The number of hydrogen-bond acceptors (Lipinski definition) is 6. The number of nitrogens with zero attached hydrogens (tertiary/aromatic N) is 5. The largest absolute Gasteiger partial charge is 0.465 e. The monoisotopic (exact) mass is 278 g/mol. The van der Waals surface area contributed by atoms with Crippen molar-refractivity contribution in [2.75, 3.05) is 13.1 Å². The third-order valence-electron chi connectivity index (χ3n) is 3.19. The highest BCUT2D eigenvalue weighted by Crippen LogP contribution is 2.17. The SMILES string of the molecule is CCCCCN(CC1(N)N=CN=C2N=CN=C21)C(=O)O. The van der Waals surface area contributed by atoms with E-state index >= 15 is 0 Å². The van der Waals surface area contributed by atoms with Crippen LogP contribution in [0.25, 0.3) is 0 Å². The molecule has 2 aliphatic rings. The highest BCUT2D eigenvalue weighted by molar-refractivity contribution is 6.50. The molecule has 0 bridgehead atoms. The van der Waals surface area contributed by atoms with Crippen molar-refractivity contribution in [1.29, 1.82) is 0 Å². The molecule has 0 saturated heterocycles. The minimum absolute atomic E-state index is 0.0454. The zero-order valence-corrected chi connectivity index (χ0v) is 11.4. The number of aliphatic imine (C=N–C) groups is 4. The van der Waals surface area contributed by atoms with Gasteiger partial charge in [-0.2, -0.15) is 0 Å². The Bertz CT molecular complexity index is 510. The molecule has 1 amide bonds. The molecule has 0 spiro atoms. The molecule has 20 heavy (non-hydrogen) atoms. The minimum atomic E-state index is -1.21. The Morgan fingerprint density at radius 2 is 2.20 bits per heavy atom. The fourth-order valence-corrected chi connectivity index (χ4v) is 2.11. The van der Waals surface area contributed by atoms with E-state index in [9.17, 15) is 9.90 Å². The van der Waals surface area contributed by atoms with Crippen LogP contribution < -0.4 is 5.73 Å². The Hall–Kier alpha value is -2.09. The van der Waals surface area contributed by atoms with Gasteiger partial charge in [0.05, 0.1) is 6.54 Å². The smallest absolute Gasteiger partial charge is 0.407 e. The van der Waals surface area contributed by atoms with Crippen molar-refractivity contribution < 1.29 is 9.90 Å². The Morgan fingerprint density at radius 1 is 1.40 bits per heavy atom. The van der Waals surface area contributed by atoms with Crippen molar-refractivity contribution in [2.45, 2.75) is 31.8 Å². The van der Waals surface area contributed by atoms with Crippen LogP contribution in [0.3, 0.4) is 0 Å². The van der Waals surface area contributed by atoms with Gasteiger partial charge in [-0.1, -0.05) is 19.8 Å². The quantitative estimate of drug-likeness (QED) is 0.698. The summed E-state index contributed by atoms with van der Waals surface area (Å²) in [5, 5.41) is 9.28. The van der Waals surface area contributed by atoms with Gasteiger partial charge in [0, 0.05) is 6.54 Å². The predicted molar refractivity (Wildman–Crippen MR) is 77.9 cm³/mol. The molecule has 1 atom stereocenters. The highest BCUT2D eigenvalue weighted by Gasteiger charge is 2.40. The molecule has 2 rings (SSSR count). The third-order valence-corrected chi connectivity index (χ3v) is 3.19. The van der Waals surface area contributed by atoms with Gasteiger partial charge in [0.1, 0.15) is 18.4 Å². The number of amides is 1. The summed E-state index contributed by atoms with van der Waals surface area (Å²) in [5.74, 6) is 0.404. The van der Waals surface area contributed by atoms with E-state index in [2.05, 4.69) is 26.9 Å². The fraction of sp³-hybridized carbons (Fsp3) is 0.583. The van der Waals surface area contributed by atoms with E-state index in [-0.39, 0.29) is 6.54 Å². The van der Waals surface area contributed by atoms with Crippen molar-refractivity contribution >= 4 is 30.3 Å². The molecule has 0 fully saturated rings. The summed E-state index contributed by atoms with van der Waals surface area (Å²) in [5.41, 5.74) is 5.40. The molecule has 0 aromatic rings. The lowest BCUT2D eigenvalue weighted by molar-refractivity contribution is 0.138. The number of rotatable bonds is 6. The molecule has 0 radical (unpaired) electrons. The Kier molecular flexibility index (Phi) is 4.23. The number of nitrogens with two attached hydrogens (primary N) is 1. The lowest BCUT2D eigenvalue weighted by atomic mass is 10.0. The number of unbranched alkanes of at least 4 members (excludes halogenated alkanes) is 2. The van der Waals surface area contributed by atoms with Crippen LogP contribution in [0.5, 0.6) is 0 Å². The van der Waals surface area contributed by atoms with E-state index in [1.807, 2.05) is 0 Å². The first-order valence-electron chi connectivity index (χ1n) is 6.56. The number of fused-ring (bicyclic) bond motifs is 1. The molecule has 0 aromatic heterocycles. The second kappa shape index (κ2) is 5.91. The normalized spacial score (nSPS) is 23.3. The molecule has 0 saturated carbocycles. The maximum atomic E-state index is 11.3. The van der Waals surface area contributed by atoms with Gasteiger partial charge < -0.3 is 15.7 Å². The molecule has 8 nitrogen and oxygen atoms in total. The lowest BCUT2D eigenvalue weighted by Gasteiger charge is -2.31. The van der Waals surface area contributed by atoms with Gasteiger partial charge >= 0.3 is 6.09 Å². The van der Waals surface area contributed by atoms with Crippen LogP contribution in [0.15, 0.2) is 20.0 Å². The Morgan fingerprint density at radius 3 is 2.90 bits per heavy atom.